The molecule has 11 heteroatoms. The minimum Gasteiger partial charge on any atom is -0.480 e. The lowest BCUT2D eigenvalue weighted by Crippen LogP contribution is -2.44. The predicted molar refractivity (Wildman–Crippen MR) is 126 cm³/mol. The SMILES string of the molecule is COc1cc(N2C[C@H]3CC[C@@H](C2)C3CNc2nc(Oc3cccc(F)c3F)n(C(C)C)n2)cnn1. The maximum Gasteiger partial charge on any atom is 0.322 e. The van der Waals surface area contributed by atoms with Gasteiger partial charge in [-0.15, -0.1) is 10.2 Å². The molecule has 3 aromatic rings. The van der Waals surface area contributed by atoms with Crippen molar-refractivity contribution in [3.8, 4) is 17.6 Å². The van der Waals surface area contributed by atoms with E-state index in [1.807, 2.05) is 19.9 Å². The van der Waals surface area contributed by atoms with Crippen molar-refractivity contribution in [2.24, 2.45) is 17.8 Å². The summed E-state index contributed by atoms with van der Waals surface area (Å²) in [7, 11) is 1.59. The number of aromatic nitrogens is 5. The third kappa shape index (κ3) is 4.71. The molecule has 1 aliphatic carbocycles. The van der Waals surface area contributed by atoms with E-state index in [1.165, 1.54) is 25.0 Å². The fourth-order valence-electron chi connectivity index (χ4n) is 5.15. The number of fused-ring (bicyclic) bond motifs is 2. The van der Waals surface area contributed by atoms with E-state index >= 15 is 0 Å². The van der Waals surface area contributed by atoms with E-state index in [2.05, 4.69) is 30.5 Å². The fraction of sp³-hybridized carbons (Fsp3) is 0.500. The smallest absolute Gasteiger partial charge is 0.322 e. The van der Waals surface area contributed by atoms with E-state index in [0.29, 0.717) is 29.6 Å². The molecule has 0 spiro atoms. The van der Waals surface area contributed by atoms with Gasteiger partial charge >= 0.3 is 6.01 Å². The summed E-state index contributed by atoms with van der Waals surface area (Å²) in [5, 5.41) is 15.9. The van der Waals surface area contributed by atoms with Gasteiger partial charge in [-0.25, -0.2) is 9.07 Å². The molecule has 1 saturated carbocycles. The van der Waals surface area contributed by atoms with Gasteiger partial charge in [-0.3, -0.25) is 0 Å². The third-order valence-corrected chi connectivity index (χ3v) is 6.92. The van der Waals surface area contributed by atoms with Crippen molar-refractivity contribution in [2.45, 2.75) is 32.7 Å². The Balaban J connectivity index is 1.26. The summed E-state index contributed by atoms with van der Waals surface area (Å²) in [5.41, 5.74) is 1.03. The number of hydrogen-bond acceptors (Lipinski definition) is 8. The maximum atomic E-state index is 14.1. The number of nitrogens with zero attached hydrogens (tertiary/aromatic N) is 6. The van der Waals surface area contributed by atoms with Gasteiger partial charge in [0.2, 0.25) is 17.6 Å². The Kier molecular flexibility index (Phi) is 6.40. The molecule has 186 valence electrons. The number of methoxy groups -OCH3 is 1. The van der Waals surface area contributed by atoms with Gasteiger partial charge in [-0.05, 0) is 56.6 Å². The van der Waals surface area contributed by atoms with Crippen molar-refractivity contribution >= 4 is 11.6 Å². The topological polar surface area (TPSA) is 90.2 Å². The Labute approximate surface area is 202 Å². The number of benzene rings is 1. The van der Waals surface area contributed by atoms with Gasteiger partial charge in [-0.1, -0.05) is 6.07 Å². The van der Waals surface area contributed by atoms with E-state index in [0.717, 1.165) is 31.4 Å². The zero-order valence-electron chi connectivity index (χ0n) is 20.0. The molecule has 2 fully saturated rings. The molecular formula is C24H29F2N7O2. The van der Waals surface area contributed by atoms with Gasteiger partial charge in [-0.2, -0.15) is 14.5 Å². The Bertz CT molecular complexity index is 1170. The normalized spacial score (nSPS) is 21.4. The van der Waals surface area contributed by atoms with Crippen LogP contribution in [0.3, 0.4) is 0 Å². The van der Waals surface area contributed by atoms with E-state index in [-0.39, 0.29) is 17.8 Å². The zero-order valence-corrected chi connectivity index (χ0v) is 20.0. The summed E-state index contributed by atoms with van der Waals surface area (Å²) in [6, 6.07) is 5.77. The molecule has 0 amide bonds. The van der Waals surface area contributed by atoms with Crippen LogP contribution in [-0.2, 0) is 0 Å². The van der Waals surface area contributed by atoms with Crippen molar-refractivity contribution in [1.82, 2.24) is 25.0 Å². The van der Waals surface area contributed by atoms with Gasteiger partial charge in [0.15, 0.2) is 11.6 Å². The molecule has 9 nitrogen and oxygen atoms in total. The van der Waals surface area contributed by atoms with Gasteiger partial charge < -0.3 is 19.7 Å². The van der Waals surface area contributed by atoms with E-state index in [4.69, 9.17) is 9.47 Å². The molecule has 2 bridgehead atoms. The van der Waals surface area contributed by atoms with Crippen molar-refractivity contribution in [3.63, 3.8) is 0 Å². The molecule has 3 heterocycles. The van der Waals surface area contributed by atoms with Crippen molar-refractivity contribution in [2.75, 3.05) is 37.0 Å². The van der Waals surface area contributed by atoms with Crippen LogP contribution in [0.5, 0.6) is 17.6 Å². The highest BCUT2D eigenvalue weighted by atomic mass is 19.2. The number of piperidine rings is 1. The van der Waals surface area contributed by atoms with Crippen LogP contribution in [0.25, 0.3) is 0 Å². The van der Waals surface area contributed by atoms with Gasteiger partial charge in [0, 0.05) is 25.7 Å². The molecule has 2 aliphatic rings. The lowest BCUT2D eigenvalue weighted by Gasteiger charge is -2.39. The van der Waals surface area contributed by atoms with E-state index < -0.39 is 11.6 Å². The molecular weight excluding hydrogens is 456 g/mol. The van der Waals surface area contributed by atoms with Crippen LogP contribution in [0, 0.1) is 29.4 Å². The summed E-state index contributed by atoms with van der Waals surface area (Å²) >= 11 is 0. The molecule has 1 N–H and O–H groups in total. The highest BCUT2D eigenvalue weighted by Gasteiger charge is 2.42. The summed E-state index contributed by atoms with van der Waals surface area (Å²) in [5.74, 6) is 0.230. The molecule has 1 aliphatic heterocycles. The summed E-state index contributed by atoms with van der Waals surface area (Å²) in [4.78, 5) is 6.79. The summed E-state index contributed by atoms with van der Waals surface area (Å²) < 4.78 is 40.1. The number of anilines is 2. The highest BCUT2D eigenvalue weighted by molar-refractivity contribution is 5.47. The largest absolute Gasteiger partial charge is 0.480 e. The zero-order chi connectivity index (χ0) is 24.5. The number of halogens is 2. The van der Waals surface area contributed by atoms with Crippen molar-refractivity contribution in [3.05, 3.63) is 42.1 Å². The number of nitrogens with one attached hydrogen (secondary N) is 1. The summed E-state index contributed by atoms with van der Waals surface area (Å²) in [6.07, 6.45) is 4.13. The molecule has 3 atom stereocenters. The first kappa shape index (κ1) is 23.3. The Morgan fingerprint density at radius 2 is 1.94 bits per heavy atom. The molecule has 1 unspecified atom stereocenters. The Morgan fingerprint density at radius 3 is 2.66 bits per heavy atom. The minimum absolute atomic E-state index is 0.0740. The first-order valence-corrected chi connectivity index (χ1v) is 11.9. The third-order valence-electron chi connectivity index (χ3n) is 6.92. The van der Waals surface area contributed by atoms with Crippen LogP contribution in [0.2, 0.25) is 0 Å². The lowest BCUT2D eigenvalue weighted by atomic mass is 9.85. The van der Waals surface area contributed by atoms with Crippen LogP contribution >= 0.6 is 0 Å². The summed E-state index contributed by atoms with van der Waals surface area (Å²) in [6.45, 7) is 6.47. The molecule has 5 rings (SSSR count). The van der Waals surface area contributed by atoms with Crippen LogP contribution in [-0.4, -0.2) is 51.7 Å². The van der Waals surface area contributed by atoms with Gasteiger partial charge in [0.05, 0.1) is 25.0 Å². The van der Waals surface area contributed by atoms with Crippen molar-refractivity contribution < 1.29 is 18.3 Å². The van der Waals surface area contributed by atoms with Crippen LogP contribution in [0.1, 0.15) is 32.7 Å². The van der Waals surface area contributed by atoms with Gasteiger partial charge in [0.25, 0.3) is 0 Å². The first-order chi connectivity index (χ1) is 16.9. The lowest BCUT2D eigenvalue weighted by molar-refractivity contribution is 0.284. The number of ether oxygens (including phenoxy) is 2. The second kappa shape index (κ2) is 9.63. The van der Waals surface area contributed by atoms with Crippen LogP contribution in [0.15, 0.2) is 30.5 Å². The van der Waals surface area contributed by atoms with Crippen molar-refractivity contribution in [1.29, 1.82) is 0 Å². The predicted octanol–water partition coefficient (Wildman–Crippen LogP) is 4.30. The molecule has 2 aromatic heterocycles. The molecule has 1 saturated heterocycles. The monoisotopic (exact) mass is 485 g/mol. The molecule has 35 heavy (non-hydrogen) atoms. The Hall–Kier alpha value is -3.50. The number of hydrogen-bond donors (Lipinski definition) is 1. The average Bonchev–Trinajstić information content (AvgIpc) is 3.36. The van der Waals surface area contributed by atoms with E-state index in [9.17, 15) is 8.78 Å². The number of rotatable bonds is 8. The molecule has 0 radical (unpaired) electrons. The van der Waals surface area contributed by atoms with Gasteiger partial charge in [0.1, 0.15) is 0 Å². The van der Waals surface area contributed by atoms with Crippen LogP contribution in [0.4, 0.5) is 20.4 Å². The van der Waals surface area contributed by atoms with Crippen LogP contribution < -0.4 is 19.7 Å². The molecule has 1 aromatic carbocycles. The fourth-order valence-corrected chi connectivity index (χ4v) is 5.15. The quantitative estimate of drug-likeness (QED) is 0.505. The maximum absolute atomic E-state index is 14.1. The minimum atomic E-state index is -1.05. The highest BCUT2D eigenvalue weighted by Crippen LogP contribution is 2.43. The second-order valence-corrected chi connectivity index (χ2v) is 9.41. The second-order valence-electron chi connectivity index (χ2n) is 9.41. The standard InChI is InChI=1S/C24H29F2N7O2/c1-14(2)33-24(35-20-6-4-5-19(25)22(20)26)29-23(31-33)27-11-18-15-7-8-16(18)13-32(12-15)17-9-21(34-3)30-28-10-17/h4-6,9-10,14-16,18H,7-8,11-13H2,1-3H3,(H,27,31)/t15-,16+,18?. The first-order valence-electron chi connectivity index (χ1n) is 11.9. The average molecular weight is 486 g/mol. The van der Waals surface area contributed by atoms with E-state index in [1.54, 1.807) is 18.0 Å². The Morgan fingerprint density at radius 1 is 1.17 bits per heavy atom.